The Morgan fingerprint density at radius 1 is 1.37 bits per heavy atom. The van der Waals surface area contributed by atoms with Crippen LogP contribution in [0.1, 0.15) is 39.2 Å². The van der Waals surface area contributed by atoms with E-state index in [2.05, 4.69) is 10.5 Å². The van der Waals surface area contributed by atoms with Gasteiger partial charge >= 0.3 is 6.09 Å². The van der Waals surface area contributed by atoms with Crippen molar-refractivity contribution in [1.29, 1.82) is 5.26 Å². The van der Waals surface area contributed by atoms with Crippen LogP contribution < -0.4 is 5.32 Å². The van der Waals surface area contributed by atoms with E-state index < -0.39 is 29.8 Å². The number of ether oxygens (including phenoxy) is 1. The minimum Gasteiger partial charge on any atom is -0.444 e. The van der Waals surface area contributed by atoms with Crippen molar-refractivity contribution in [2.24, 2.45) is 0 Å². The van der Waals surface area contributed by atoms with Crippen LogP contribution in [-0.4, -0.2) is 46.4 Å². The average Bonchev–Trinajstić information content (AvgIpc) is 3.15. The first-order valence-electron chi connectivity index (χ1n) is 9.55. The Labute approximate surface area is 173 Å². The van der Waals surface area contributed by atoms with Crippen molar-refractivity contribution in [3.8, 4) is 17.4 Å². The van der Waals surface area contributed by atoms with Gasteiger partial charge in [0.15, 0.2) is 11.6 Å². The van der Waals surface area contributed by atoms with Crippen molar-refractivity contribution < 1.29 is 23.2 Å². The quantitative estimate of drug-likeness (QED) is 0.816. The van der Waals surface area contributed by atoms with Gasteiger partial charge in [-0.1, -0.05) is 17.3 Å². The van der Waals surface area contributed by atoms with Gasteiger partial charge in [0.05, 0.1) is 18.2 Å². The van der Waals surface area contributed by atoms with Gasteiger partial charge in [0.25, 0.3) is 5.91 Å². The van der Waals surface area contributed by atoms with Crippen molar-refractivity contribution in [2.75, 3.05) is 18.4 Å². The molecule has 1 N–H and O–H groups in total. The van der Waals surface area contributed by atoms with E-state index in [9.17, 15) is 9.59 Å². The van der Waals surface area contributed by atoms with Crippen LogP contribution in [0.2, 0.25) is 0 Å². The van der Waals surface area contributed by atoms with Gasteiger partial charge in [0, 0.05) is 18.2 Å². The number of carbonyl (C=O) groups excluding carboxylic acids is 2. The van der Waals surface area contributed by atoms with Crippen molar-refractivity contribution in [2.45, 2.75) is 44.9 Å². The van der Waals surface area contributed by atoms with E-state index >= 15 is 4.39 Å². The predicted octanol–water partition coefficient (Wildman–Crippen LogP) is 3.89. The molecule has 1 saturated heterocycles. The number of amides is 2. The number of hydrogen-bond acceptors (Lipinski definition) is 6. The highest BCUT2D eigenvalue weighted by Gasteiger charge is 2.45. The van der Waals surface area contributed by atoms with Crippen LogP contribution in [-0.2, 0) is 9.53 Å². The summed E-state index contributed by atoms with van der Waals surface area (Å²) in [6.45, 7) is 5.08. The molecule has 0 radical (unpaired) electrons. The number of piperidine rings is 1. The minimum atomic E-state index is -2.27. The number of carbonyl (C=O) groups is 2. The molecule has 9 heteroatoms. The molecular formula is C21H23FN4O4. The Bertz CT molecular complexity index is 991. The summed E-state index contributed by atoms with van der Waals surface area (Å²) in [5.41, 5.74) is -1.93. The maximum atomic E-state index is 15.4. The number of likely N-dealkylation sites (tertiary alicyclic amines) is 1. The Kier molecular flexibility index (Phi) is 5.78. The maximum Gasteiger partial charge on any atom is 0.410 e. The normalized spacial score (nSPS) is 19.1. The molecule has 0 saturated carbocycles. The zero-order valence-electron chi connectivity index (χ0n) is 17.1. The molecule has 1 aliphatic rings. The number of anilines is 1. The Morgan fingerprint density at radius 3 is 2.83 bits per heavy atom. The molecule has 2 heterocycles. The minimum absolute atomic E-state index is 0.0208. The molecule has 30 heavy (non-hydrogen) atoms. The van der Waals surface area contributed by atoms with E-state index in [1.165, 1.54) is 11.0 Å². The molecule has 0 spiro atoms. The van der Waals surface area contributed by atoms with E-state index in [-0.39, 0.29) is 12.2 Å². The molecule has 8 nitrogen and oxygen atoms in total. The Morgan fingerprint density at radius 2 is 2.13 bits per heavy atom. The molecule has 1 aromatic heterocycles. The van der Waals surface area contributed by atoms with Gasteiger partial charge in [-0.05, 0) is 45.7 Å². The summed E-state index contributed by atoms with van der Waals surface area (Å²) >= 11 is 0. The highest BCUT2D eigenvalue weighted by Crippen LogP contribution is 2.29. The van der Waals surface area contributed by atoms with Crippen LogP contribution in [0, 0.1) is 11.3 Å². The lowest BCUT2D eigenvalue weighted by molar-refractivity contribution is -0.130. The third kappa shape index (κ3) is 4.95. The number of alkyl halides is 1. The number of nitriles is 1. The number of rotatable bonds is 3. The van der Waals surface area contributed by atoms with Crippen LogP contribution in [0.25, 0.3) is 11.3 Å². The first kappa shape index (κ1) is 21.3. The maximum absolute atomic E-state index is 15.4. The predicted molar refractivity (Wildman–Crippen MR) is 106 cm³/mol. The van der Waals surface area contributed by atoms with Crippen LogP contribution in [0.15, 0.2) is 34.9 Å². The van der Waals surface area contributed by atoms with Crippen molar-refractivity contribution in [3.05, 3.63) is 35.9 Å². The smallest absolute Gasteiger partial charge is 0.410 e. The fraction of sp³-hybridized carbons (Fsp3) is 0.429. The number of benzene rings is 1. The van der Waals surface area contributed by atoms with Crippen molar-refractivity contribution in [1.82, 2.24) is 10.1 Å². The lowest BCUT2D eigenvalue weighted by atomic mass is 9.94. The Hall–Kier alpha value is -3.41. The lowest BCUT2D eigenvalue weighted by Crippen LogP contribution is -2.54. The average molecular weight is 414 g/mol. The zero-order chi connectivity index (χ0) is 21.9. The topological polar surface area (TPSA) is 108 Å². The molecule has 1 aromatic carbocycles. The number of aromatic nitrogens is 1. The summed E-state index contributed by atoms with van der Waals surface area (Å²) in [4.78, 5) is 26.1. The van der Waals surface area contributed by atoms with E-state index in [1.54, 1.807) is 45.0 Å². The molecule has 0 bridgehead atoms. The fourth-order valence-electron chi connectivity index (χ4n) is 3.12. The molecule has 158 valence electrons. The summed E-state index contributed by atoms with van der Waals surface area (Å²) < 4.78 is 25.9. The van der Waals surface area contributed by atoms with Crippen LogP contribution in [0.3, 0.4) is 0 Å². The van der Waals surface area contributed by atoms with E-state index in [4.69, 9.17) is 14.5 Å². The summed E-state index contributed by atoms with van der Waals surface area (Å²) in [7, 11) is 0. The molecule has 1 atom stereocenters. The molecular weight excluding hydrogens is 391 g/mol. The first-order valence-corrected chi connectivity index (χ1v) is 9.55. The molecule has 1 fully saturated rings. The van der Waals surface area contributed by atoms with Crippen LogP contribution in [0.5, 0.6) is 0 Å². The first-order chi connectivity index (χ1) is 14.1. The highest BCUT2D eigenvalue weighted by atomic mass is 19.1. The SMILES string of the molecule is CC(C)(C)OC(=O)N1CCCC(F)(C(=O)Nc2cc(-c3cccc(C#N)c3)on2)C1. The van der Waals surface area contributed by atoms with Gasteiger partial charge < -0.3 is 19.5 Å². The second-order valence-electron chi connectivity index (χ2n) is 8.19. The molecule has 1 aliphatic heterocycles. The number of nitrogens with one attached hydrogen (secondary N) is 1. The molecule has 2 aromatic rings. The molecule has 1 unspecified atom stereocenters. The Balaban J connectivity index is 1.68. The van der Waals surface area contributed by atoms with Gasteiger partial charge in [-0.3, -0.25) is 4.79 Å². The fourth-order valence-corrected chi connectivity index (χ4v) is 3.12. The van der Waals surface area contributed by atoms with Gasteiger partial charge in [-0.2, -0.15) is 5.26 Å². The molecule has 3 rings (SSSR count). The largest absolute Gasteiger partial charge is 0.444 e. The summed E-state index contributed by atoms with van der Waals surface area (Å²) in [5.74, 6) is -0.528. The van der Waals surface area contributed by atoms with Gasteiger partial charge in [0.1, 0.15) is 5.60 Å². The third-order valence-electron chi connectivity index (χ3n) is 4.53. The molecule has 2 amide bonds. The third-order valence-corrected chi connectivity index (χ3v) is 4.53. The van der Waals surface area contributed by atoms with Crippen LogP contribution >= 0.6 is 0 Å². The summed E-state index contributed by atoms with van der Waals surface area (Å²) in [6, 6.07) is 10.2. The summed E-state index contributed by atoms with van der Waals surface area (Å²) in [6.07, 6.45) is -0.348. The van der Waals surface area contributed by atoms with Gasteiger partial charge in [-0.15, -0.1) is 0 Å². The summed E-state index contributed by atoms with van der Waals surface area (Å²) in [5, 5.41) is 15.2. The number of hydrogen-bond donors (Lipinski definition) is 1. The van der Waals surface area contributed by atoms with Gasteiger partial charge in [-0.25, -0.2) is 9.18 Å². The second kappa shape index (κ2) is 8.14. The van der Waals surface area contributed by atoms with Crippen LogP contribution in [0.4, 0.5) is 15.0 Å². The second-order valence-corrected chi connectivity index (χ2v) is 8.19. The zero-order valence-corrected chi connectivity index (χ0v) is 17.1. The van der Waals surface area contributed by atoms with E-state index in [1.807, 2.05) is 6.07 Å². The standard InChI is InChI=1S/C21H23FN4O4/c1-20(2,3)29-19(28)26-9-5-8-21(22,13-26)18(27)24-17-11-16(30-25-17)15-7-4-6-14(10-15)12-23/h4,6-7,10-11H,5,8-9,13H2,1-3H3,(H,24,25,27). The highest BCUT2D eigenvalue weighted by molar-refractivity contribution is 5.97. The van der Waals surface area contributed by atoms with E-state index in [0.29, 0.717) is 29.9 Å². The van der Waals surface area contributed by atoms with Crippen molar-refractivity contribution in [3.63, 3.8) is 0 Å². The monoisotopic (exact) mass is 414 g/mol. The molecule has 0 aliphatic carbocycles. The van der Waals surface area contributed by atoms with E-state index in [0.717, 1.165) is 0 Å². The lowest BCUT2D eigenvalue weighted by Gasteiger charge is -2.36. The van der Waals surface area contributed by atoms with Crippen molar-refractivity contribution >= 4 is 17.8 Å². The number of halogens is 1. The van der Waals surface area contributed by atoms with Gasteiger partial charge in [0.2, 0.25) is 5.67 Å². The number of nitrogens with zero attached hydrogens (tertiary/aromatic N) is 3.